The van der Waals surface area contributed by atoms with Crippen molar-refractivity contribution in [1.29, 1.82) is 0 Å². The van der Waals surface area contributed by atoms with Gasteiger partial charge in [0.15, 0.2) is 0 Å². The van der Waals surface area contributed by atoms with E-state index in [4.69, 9.17) is 16.3 Å². The Morgan fingerprint density at radius 3 is 2.48 bits per heavy atom. The lowest BCUT2D eigenvalue weighted by molar-refractivity contribution is -0.255. The lowest BCUT2D eigenvalue weighted by atomic mass is 10.1. The smallest absolute Gasteiger partial charge is 0.417 e. The van der Waals surface area contributed by atoms with Gasteiger partial charge in [-0.05, 0) is 36.8 Å². The van der Waals surface area contributed by atoms with Crippen molar-refractivity contribution in [1.82, 2.24) is 19.7 Å². The number of aromatic carboxylic acids is 1. The van der Waals surface area contributed by atoms with Crippen LogP contribution < -0.4 is 5.11 Å². The van der Waals surface area contributed by atoms with E-state index in [2.05, 4.69) is 10.1 Å². The van der Waals surface area contributed by atoms with Gasteiger partial charge < -0.3 is 19.5 Å². The van der Waals surface area contributed by atoms with E-state index in [0.29, 0.717) is 36.4 Å². The van der Waals surface area contributed by atoms with Gasteiger partial charge in [-0.2, -0.15) is 23.0 Å². The van der Waals surface area contributed by atoms with Gasteiger partial charge in [0, 0.05) is 23.9 Å². The van der Waals surface area contributed by atoms with Crippen molar-refractivity contribution in [3.63, 3.8) is 0 Å². The first-order chi connectivity index (χ1) is 19.0. The van der Waals surface area contributed by atoms with Crippen LogP contribution in [0.3, 0.4) is 0 Å². The number of benzene rings is 2. The van der Waals surface area contributed by atoms with E-state index in [9.17, 15) is 37.1 Å². The van der Waals surface area contributed by atoms with Crippen molar-refractivity contribution < 1.29 is 41.8 Å². The SMILES string of the molecule is O=C([O-])c1ccc(-c2nn(C(=O)c3c(Cl)cccc3C(F)(F)F)c3cc(C(=O)N4CCCOC4)cnc23)c(F)c1. The molecule has 1 aliphatic heterocycles. The zero-order valence-corrected chi connectivity index (χ0v) is 20.9. The number of pyridine rings is 1. The Hall–Kier alpha value is -4.36. The highest BCUT2D eigenvalue weighted by Crippen LogP contribution is 2.37. The lowest BCUT2D eigenvalue weighted by Gasteiger charge is -2.26. The van der Waals surface area contributed by atoms with Gasteiger partial charge in [0.2, 0.25) is 0 Å². The molecule has 1 fully saturated rings. The summed E-state index contributed by atoms with van der Waals surface area (Å²) >= 11 is 6.04. The Balaban J connectivity index is 1.73. The number of halogens is 5. The fourth-order valence-corrected chi connectivity index (χ4v) is 4.56. The van der Waals surface area contributed by atoms with Gasteiger partial charge in [-0.1, -0.05) is 23.7 Å². The molecule has 1 saturated heterocycles. The molecule has 4 aromatic rings. The molecule has 0 radical (unpaired) electrons. The summed E-state index contributed by atoms with van der Waals surface area (Å²) in [5.74, 6) is -4.54. The van der Waals surface area contributed by atoms with Gasteiger partial charge in [0.25, 0.3) is 11.8 Å². The summed E-state index contributed by atoms with van der Waals surface area (Å²) in [6, 6.07) is 6.75. The minimum Gasteiger partial charge on any atom is -0.545 e. The van der Waals surface area contributed by atoms with Crippen molar-refractivity contribution in [3.05, 3.63) is 81.8 Å². The first-order valence-electron chi connectivity index (χ1n) is 11.6. The van der Waals surface area contributed by atoms with E-state index in [0.717, 1.165) is 30.5 Å². The zero-order chi connectivity index (χ0) is 28.8. The number of rotatable bonds is 4. The Kier molecular flexibility index (Phi) is 7.02. The molecule has 9 nitrogen and oxygen atoms in total. The van der Waals surface area contributed by atoms with Crippen molar-refractivity contribution in [2.45, 2.75) is 12.6 Å². The second-order valence-corrected chi connectivity index (χ2v) is 9.17. The molecule has 3 heterocycles. The number of carboxylic acid groups (broad SMARTS) is 1. The number of carboxylic acids is 1. The number of ether oxygens (including phenoxy) is 1. The second kappa shape index (κ2) is 10.3. The molecule has 0 bridgehead atoms. The fraction of sp³-hybridized carbons (Fsp3) is 0.192. The Bertz CT molecular complexity index is 1680. The summed E-state index contributed by atoms with van der Waals surface area (Å²) in [4.78, 5) is 43.4. The molecule has 0 N–H and O–H groups in total. The maximum Gasteiger partial charge on any atom is 0.417 e. The third kappa shape index (κ3) is 4.89. The summed E-state index contributed by atoms with van der Waals surface area (Å²) in [6.45, 7) is 0.850. The Morgan fingerprint density at radius 1 is 1.05 bits per heavy atom. The topological polar surface area (TPSA) is 117 Å². The standard InChI is InChI=1S/C26H17ClF4N4O5/c27-17-4-1-3-16(26(29,30)31)20(17)24(37)35-19-10-14(23(36)34-7-2-8-40-12-34)11-32-22(19)21(33-35)15-6-5-13(25(38)39)9-18(15)28/h1,3-6,9-11H,2,7-8,12H2,(H,38,39)/p-1. The van der Waals surface area contributed by atoms with E-state index in [1.54, 1.807) is 0 Å². The van der Waals surface area contributed by atoms with Gasteiger partial charge >= 0.3 is 6.18 Å². The van der Waals surface area contributed by atoms with Gasteiger partial charge in [0.05, 0.1) is 39.8 Å². The Labute approximate surface area is 227 Å². The largest absolute Gasteiger partial charge is 0.545 e. The van der Waals surface area contributed by atoms with Crippen LogP contribution in [0.1, 0.15) is 43.1 Å². The van der Waals surface area contributed by atoms with Crippen molar-refractivity contribution in [2.24, 2.45) is 0 Å². The number of fused-ring (bicyclic) bond motifs is 1. The number of nitrogens with zero attached hydrogens (tertiary/aromatic N) is 4. The predicted octanol–water partition coefficient (Wildman–Crippen LogP) is 3.78. The average molecular weight is 576 g/mol. The maximum atomic E-state index is 15.0. The molecule has 40 heavy (non-hydrogen) atoms. The summed E-state index contributed by atoms with van der Waals surface area (Å²) in [5.41, 5.74) is -3.68. The van der Waals surface area contributed by atoms with Crippen molar-refractivity contribution >= 4 is 40.4 Å². The molecule has 5 rings (SSSR count). The molecule has 14 heteroatoms. The molecule has 1 aliphatic rings. The molecular formula is C26H16ClF4N4O5-. The predicted molar refractivity (Wildman–Crippen MR) is 130 cm³/mol. The summed E-state index contributed by atoms with van der Waals surface area (Å²) in [5, 5.41) is 14.7. The third-order valence-electron chi connectivity index (χ3n) is 6.20. The highest BCUT2D eigenvalue weighted by molar-refractivity contribution is 6.34. The first-order valence-corrected chi connectivity index (χ1v) is 12.0. The molecule has 0 aliphatic carbocycles. The maximum absolute atomic E-state index is 15.0. The van der Waals surface area contributed by atoms with Crippen LogP contribution in [0.2, 0.25) is 5.02 Å². The summed E-state index contributed by atoms with van der Waals surface area (Å²) in [7, 11) is 0. The van der Waals surface area contributed by atoms with Crippen molar-refractivity contribution in [2.75, 3.05) is 19.9 Å². The number of aromatic nitrogens is 3. The second-order valence-electron chi connectivity index (χ2n) is 8.76. The van der Waals surface area contributed by atoms with Crippen LogP contribution in [0, 0.1) is 5.82 Å². The molecule has 1 amide bonds. The highest BCUT2D eigenvalue weighted by Gasteiger charge is 2.37. The van der Waals surface area contributed by atoms with Crippen molar-refractivity contribution in [3.8, 4) is 11.3 Å². The number of carbonyl (C=O) groups is 3. The Morgan fingerprint density at radius 2 is 1.82 bits per heavy atom. The number of amides is 1. The average Bonchev–Trinajstić information content (AvgIpc) is 3.30. The molecule has 0 spiro atoms. The quantitative estimate of drug-likeness (QED) is 0.340. The van der Waals surface area contributed by atoms with Crippen LogP contribution in [0.4, 0.5) is 17.6 Å². The molecule has 0 unspecified atom stereocenters. The van der Waals surface area contributed by atoms with E-state index in [1.165, 1.54) is 11.0 Å². The van der Waals surface area contributed by atoms with Crippen LogP contribution >= 0.6 is 11.6 Å². The molecule has 206 valence electrons. The molecule has 0 atom stereocenters. The van der Waals surface area contributed by atoms with E-state index in [-0.39, 0.29) is 34.6 Å². The minimum absolute atomic E-state index is 0.00483. The number of hydrogen-bond acceptors (Lipinski definition) is 7. The van der Waals surface area contributed by atoms with Gasteiger partial charge in [-0.25, -0.2) is 4.39 Å². The first kappa shape index (κ1) is 27.2. The normalized spacial score (nSPS) is 14.0. The monoisotopic (exact) mass is 575 g/mol. The molecule has 0 saturated carbocycles. The van der Waals surface area contributed by atoms with Gasteiger partial charge in [-0.3, -0.25) is 14.6 Å². The van der Waals surface area contributed by atoms with E-state index >= 15 is 0 Å². The van der Waals surface area contributed by atoms with E-state index < -0.39 is 51.5 Å². The zero-order valence-electron chi connectivity index (χ0n) is 20.2. The summed E-state index contributed by atoms with van der Waals surface area (Å²) in [6.07, 6.45) is -3.22. The van der Waals surface area contributed by atoms with Crippen LogP contribution in [0.25, 0.3) is 22.3 Å². The fourth-order valence-electron chi connectivity index (χ4n) is 4.31. The van der Waals surface area contributed by atoms with Gasteiger partial charge in [0.1, 0.15) is 23.8 Å². The molecule has 2 aromatic carbocycles. The molecular weight excluding hydrogens is 560 g/mol. The van der Waals surface area contributed by atoms with Crippen LogP contribution in [0.5, 0.6) is 0 Å². The van der Waals surface area contributed by atoms with Crippen LogP contribution in [-0.4, -0.2) is 57.3 Å². The number of carbonyl (C=O) groups excluding carboxylic acids is 3. The number of alkyl halides is 3. The highest BCUT2D eigenvalue weighted by atomic mass is 35.5. The lowest BCUT2D eigenvalue weighted by Crippen LogP contribution is -2.38. The van der Waals surface area contributed by atoms with E-state index in [1.807, 2.05) is 0 Å². The van der Waals surface area contributed by atoms with Gasteiger partial charge in [-0.15, -0.1) is 0 Å². The number of hydrogen-bond donors (Lipinski definition) is 0. The molecule has 2 aromatic heterocycles. The van der Waals surface area contributed by atoms with Crippen LogP contribution in [-0.2, 0) is 10.9 Å². The third-order valence-corrected chi connectivity index (χ3v) is 6.52. The van der Waals surface area contributed by atoms with Crippen LogP contribution in [0.15, 0.2) is 48.7 Å². The minimum atomic E-state index is -4.96. The summed E-state index contributed by atoms with van der Waals surface area (Å²) < 4.78 is 62.3.